The lowest BCUT2D eigenvalue weighted by molar-refractivity contribution is 0.455. The van der Waals surface area contributed by atoms with Gasteiger partial charge in [-0.2, -0.15) is 0 Å². The summed E-state index contributed by atoms with van der Waals surface area (Å²) in [4.78, 5) is 0. The first-order valence-electron chi connectivity index (χ1n) is 5.78. The predicted octanol–water partition coefficient (Wildman–Crippen LogP) is 2.19. The molecule has 0 heterocycles. The summed E-state index contributed by atoms with van der Waals surface area (Å²) in [6, 6.07) is 0.165. The Morgan fingerprint density at radius 3 is 2.29 bits per heavy atom. The standard InChI is InChI=1S/C11H23NOS/c1-9(2)14(13)11-8-6-4-3-5-7-10(11)12/h9-11H,3-8,12H2,1-2H3. The molecule has 0 radical (unpaired) electrons. The van der Waals surface area contributed by atoms with Crippen LogP contribution >= 0.6 is 0 Å². The van der Waals surface area contributed by atoms with Gasteiger partial charge in [0, 0.05) is 22.1 Å². The third-order valence-corrected chi connectivity index (χ3v) is 5.13. The van der Waals surface area contributed by atoms with Crippen LogP contribution in [0, 0.1) is 0 Å². The molecule has 1 fully saturated rings. The minimum Gasteiger partial charge on any atom is -0.327 e. The second-order valence-electron chi connectivity index (χ2n) is 4.57. The molecule has 0 bridgehead atoms. The minimum absolute atomic E-state index is 0.165. The van der Waals surface area contributed by atoms with Gasteiger partial charge in [-0.05, 0) is 12.8 Å². The third-order valence-electron chi connectivity index (χ3n) is 3.02. The van der Waals surface area contributed by atoms with Crippen LogP contribution in [0.15, 0.2) is 0 Å². The zero-order valence-corrected chi connectivity index (χ0v) is 10.2. The van der Waals surface area contributed by atoms with Gasteiger partial charge >= 0.3 is 0 Å². The van der Waals surface area contributed by atoms with E-state index in [0.29, 0.717) is 0 Å². The maximum absolute atomic E-state index is 12.0. The molecule has 3 unspecified atom stereocenters. The van der Waals surface area contributed by atoms with Crippen molar-refractivity contribution in [1.29, 1.82) is 0 Å². The van der Waals surface area contributed by atoms with Crippen molar-refractivity contribution in [3.05, 3.63) is 0 Å². The molecule has 0 aromatic carbocycles. The summed E-state index contributed by atoms with van der Waals surface area (Å²) >= 11 is 0. The average molecular weight is 217 g/mol. The Kier molecular flexibility index (Phi) is 5.10. The zero-order valence-electron chi connectivity index (χ0n) is 9.37. The van der Waals surface area contributed by atoms with Gasteiger partial charge in [-0.25, -0.2) is 0 Å². The minimum atomic E-state index is -0.732. The van der Waals surface area contributed by atoms with Crippen molar-refractivity contribution < 1.29 is 4.21 Å². The maximum atomic E-state index is 12.0. The predicted molar refractivity (Wildman–Crippen MR) is 62.7 cm³/mol. The van der Waals surface area contributed by atoms with Gasteiger partial charge in [0.1, 0.15) is 0 Å². The molecule has 0 amide bonds. The van der Waals surface area contributed by atoms with Gasteiger partial charge in [0.15, 0.2) is 0 Å². The quantitative estimate of drug-likeness (QED) is 0.770. The highest BCUT2D eigenvalue weighted by molar-refractivity contribution is 7.86. The highest BCUT2D eigenvalue weighted by Crippen LogP contribution is 2.22. The topological polar surface area (TPSA) is 43.1 Å². The largest absolute Gasteiger partial charge is 0.327 e. The van der Waals surface area contributed by atoms with Crippen molar-refractivity contribution in [3.63, 3.8) is 0 Å². The van der Waals surface area contributed by atoms with Gasteiger partial charge < -0.3 is 5.73 Å². The van der Waals surface area contributed by atoms with Crippen molar-refractivity contribution in [1.82, 2.24) is 0 Å². The molecule has 2 N–H and O–H groups in total. The van der Waals surface area contributed by atoms with Crippen LogP contribution in [0.2, 0.25) is 0 Å². The van der Waals surface area contributed by atoms with Crippen LogP contribution in [-0.2, 0) is 10.8 Å². The van der Waals surface area contributed by atoms with E-state index in [1.807, 2.05) is 13.8 Å². The van der Waals surface area contributed by atoms with Crippen molar-refractivity contribution in [3.8, 4) is 0 Å². The van der Waals surface area contributed by atoms with E-state index < -0.39 is 10.8 Å². The van der Waals surface area contributed by atoms with Crippen molar-refractivity contribution >= 4 is 10.8 Å². The van der Waals surface area contributed by atoms with Gasteiger partial charge in [-0.15, -0.1) is 0 Å². The third kappa shape index (κ3) is 3.35. The van der Waals surface area contributed by atoms with Crippen LogP contribution in [0.3, 0.4) is 0 Å². The molecule has 1 saturated carbocycles. The highest BCUT2D eigenvalue weighted by Gasteiger charge is 2.26. The van der Waals surface area contributed by atoms with E-state index in [4.69, 9.17) is 5.73 Å². The Morgan fingerprint density at radius 1 is 1.14 bits per heavy atom. The van der Waals surface area contributed by atoms with Crippen LogP contribution in [0.1, 0.15) is 52.4 Å². The SMILES string of the molecule is CC(C)S(=O)C1CCCCCCC1N. The van der Waals surface area contributed by atoms with Crippen molar-refractivity contribution in [2.24, 2.45) is 5.73 Å². The summed E-state index contributed by atoms with van der Waals surface area (Å²) in [5.74, 6) is 0. The summed E-state index contributed by atoms with van der Waals surface area (Å²) in [5, 5.41) is 0.501. The molecular formula is C11H23NOS. The molecule has 1 aliphatic rings. The summed E-state index contributed by atoms with van der Waals surface area (Å²) in [5.41, 5.74) is 6.09. The summed E-state index contributed by atoms with van der Waals surface area (Å²) in [7, 11) is -0.732. The fourth-order valence-electron chi connectivity index (χ4n) is 2.12. The lowest BCUT2D eigenvalue weighted by atomic mass is 9.97. The lowest BCUT2D eigenvalue weighted by Crippen LogP contribution is -2.40. The fraction of sp³-hybridized carbons (Fsp3) is 1.00. The van der Waals surface area contributed by atoms with Gasteiger partial charge in [0.25, 0.3) is 0 Å². The Bertz CT molecular complexity index is 194. The molecule has 3 atom stereocenters. The number of nitrogens with two attached hydrogens (primary N) is 1. The Labute approximate surface area is 90.1 Å². The molecule has 0 spiro atoms. The Balaban J connectivity index is 2.57. The molecular weight excluding hydrogens is 194 g/mol. The second kappa shape index (κ2) is 5.86. The molecule has 1 rings (SSSR count). The van der Waals surface area contributed by atoms with Gasteiger partial charge in [-0.3, -0.25) is 4.21 Å². The van der Waals surface area contributed by atoms with Crippen LogP contribution < -0.4 is 5.73 Å². The van der Waals surface area contributed by atoms with Gasteiger partial charge in [-0.1, -0.05) is 39.5 Å². The molecule has 1 aliphatic carbocycles. The summed E-state index contributed by atoms with van der Waals surface area (Å²) in [6.45, 7) is 4.06. The van der Waals surface area contributed by atoms with E-state index in [0.717, 1.165) is 12.8 Å². The van der Waals surface area contributed by atoms with E-state index in [9.17, 15) is 4.21 Å². The van der Waals surface area contributed by atoms with Crippen LogP contribution in [-0.4, -0.2) is 20.8 Å². The van der Waals surface area contributed by atoms with Gasteiger partial charge in [0.05, 0.1) is 5.25 Å². The number of rotatable bonds is 2. The molecule has 0 aromatic rings. The second-order valence-corrected chi connectivity index (χ2v) is 6.78. The fourth-order valence-corrected chi connectivity index (χ4v) is 3.70. The van der Waals surface area contributed by atoms with Crippen molar-refractivity contribution in [2.75, 3.05) is 0 Å². The van der Waals surface area contributed by atoms with E-state index in [1.54, 1.807) is 0 Å². The number of hydrogen-bond acceptors (Lipinski definition) is 2. The molecule has 0 aliphatic heterocycles. The Hall–Kier alpha value is 0.110. The maximum Gasteiger partial charge on any atom is 0.0501 e. The normalized spacial score (nSPS) is 32.3. The first kappa shape index (κ1) is 12.2. The smallest absolute Gasteiger partial charge is 0.0501 e. The summed E-state index contributed by atoms with van der Waals surface area (Å²) < 4.78 is 12.0. The number of hydrogen-bond donors (Lipinski definition) is 1. The van der Waals surface area contributed by atoms with E-state index in [-0.39, 0.29) is 16.5 Å². The van der Waals surface area contributed by atoms with E-state index >= 15 is 0 Å². The lowest BCUT2D eigenvalue weighted by Gasteiger charge is -2.27. The molecule has 84 valence electrons. The van der Waals surface area contributed by atoms with Crippen LogP contribution in [0.4, 0.5) is 0 Å². The monoisotopic (exact) mass is 217 g/mol. The van der Waals surface area contributed by atoms with E-state index in [1.165, 1.54) is 25.7 Å². The zero-order chi connectivity index (χ0) is 10.6. The average Bonchev–Trinajstić information content (AvgIpc) is 2.11. The highest BCUT2D eigenvalue weighted by atomic mass is 32.2. The van der Waals surface area contributed by atoms with Crippen LogP contribution in [0.5, 0.6) is 0 Å². The Morgan fingerprint density at radius 2 is 1.71 bits per heavy atom. The molecule has 0 aromatic heterocycles. The first-order chi connectivity index (χ1) is 6.63. The summed E-state index contributed by atoms with van der Waals surface area (Å²) in [6.07, 6.45) is 7.13. The molecule has 0 saturated heterocycles. The molecule has 2 nitrogen and oxygen atoms in total. The van der Waals surface area contributed by atoms with Crippen molar-refractivity contribution in [2.45, 2.75) is 68.9 Å². The van der Waals surface area contributed by atoms with E-state index in [2.05, 4.69) is 0 Å². The first-order valence-corrected chi connectivity index (χ1v) is 7.05. The molecule has 14 heavy (non-hydrogen) atoms. The van der Waals surface area contributed by atoms with Gasteiger partial charge in [0.2, 0.25) is 0 Å². The molecule has 3 heteroatoms. The van der Waals surface area contributed by atoms with Crippen LogP contribution in [0.25, 0.3) is 0 Å².